The van der Waals surface area contributed by atoms with Crippen LogP contribution in [-0.2, 0) is 0 Å². The SMILES string of the molecule is C=C(C)CCC(=O)c1ccc(SCC)cc1. The third-order valence-corrected chi connectivity index (χ3v) is 3.16. The van der Waals surface area contributed by atoms with E-state index >= 15 is 0 Å². The van der Waals surface area contributed by atoms with Gasteiger partial charge in [0, 0.05) is 16.9 Å². The number of benzene rings is 1. The molecule has 0 saturated heterocycles. The highest BCUT2D eigenvalue weighted by Crippen LogP contribution is 2.18. The molecule has 0 atom stereocenters. The maximum absolute atomic E-state index is 11.8. The molecule has 0 aliphatic heterocycles. The van der Waals surface area contributed by atoms with E-state index in [1.807, 2.05) is 31.2 Å². The highest BCUT2D eigenvalue weighted by atomic mass is 32.2. The van der Waals surface area contributed by atoms with Crippen molar-refractivity contribution < 1.29 is 4.79 Å². The molecule has 0 radical (unpaired) electrons. The van der Waals surface area contributed by atoms with Gasteiger partial charge in [-0.15, -0.1) is 18.3 Å². The number of Topliss-reactive ketones (excluding diaryl/α,β-unsaturated/α-hetero) is 1. The molecule has 0 N–H and O–H groups in total. The second kappa shape index (κ2) is 6.54. The predicted octanol–water partition coefficient (Wildman–Crippen LogP) is 4.34. The van der Waals surface area contributed by atoms with Crippen LogP contribution in [0.1, 0.15) is 37.0 Å². The summed E-state index contributed by atoms with van der Waals surface area (Å²) in [5.74, 6) is 1.26. The average Bonchev–Trinajstić information content (AvgIpc) is 2.27. The minimum absolute atomic E-state index is 0.205. The molecule has 0 aliphatic carbocycles. The monoisotopic (exact) mass is 234 g/mol. The number of thioether (sulfide) groups is 1. The number of hydrogen-bond acceptors (Lipinski definition) is 2. The van der Waals surface area contributed by atoms with Gasteiger partial charge < -0.3 is 0 Å². The normalized spacial score (nSPS) is 10.1. The molecule has 0 fully saturated rings. The summed E-state index contributed by atoms with van der Waals surface area (Å²) < 4.78 is 0. The number of ketones is 1. The van der Waals surface area contributed by atoms with Crippen molar-refractivity contribution in [1.82, 2.24) is 0 Å². The van der Waals surface area contributed by atoms with Crippen LogP contribution in [-0.4, -0.2) is 11.5 Å². The Morgan fingerprint density at radius 3 is 2.38 bits per heavy atom. The molecular formula is C14H18OS. The molecule has 0 spiro atoms. The van der Waals surface area contributed by atoms with Crippen LogP contribution in [0, 0.1) is 0 Å². The first-order valence-electron chi connectivity index (χ1n) is 5.54. The molecule has 0 aromatic heterocycles. The highest BCUT2D eigenvalue weighted by molar-refractivity contribution is 7.99. The van der Waals surface area contributed by atoms with Crippen molar-refractivity contribution in [3.05, 3.63) is 42.0 Å². The number of rotatable bonds is 6. The molecule has 0 heterocycles. The maximum atomic E-state index is 11.8. The summed E-state index contributed by atoms with van der Waals surface area (Å²) in [5, 5.41) is 0. The Morgan fingerprint density at radius 1 is 1.25 bits per heavy atom. The second-order valence-electron chi connectivity index (χ2n) is 3.84. The van der Waals surface area contributed by atoms with Crippen molar-refractivity contribution >= 4 is 17.5 Å². The predicted molar refractivity (Wildman–Crippen MR) is 71.2 cm³/mol. The second-order valence-corrected chi connectivity index (χ2v) is 5.18. The van der Waals surface area contributed by atoms with Crippen LogP contribution in [0.5, 0.6) is 0 Å². The summed E-state index contributed by atoms with van der Waals surface area (Å²) in [5.41, 5.74) is 1.87. The Hall–Kier alpha value is -1.02. The van der Waals surface area contributed by atoms with E-state index in [4.69, 9.17) is 0 Å². The minimum Gasteiger partial charge on any atom is -0.294 e. The van der Waals surface area contributed by atoms with Crippen molar-refractivity contribution in [3.8, 4) is 0 Å². The van der Waals surface area contributed by atoms with Crippen LogP contribution in [0.25, 0.3) is 0 Å². The summed E-state index contributed by atoms with van der Waals surface area (Å²) in [7, 11) is 0. The number of carbonyl (C=O) groups is 1. The van der Waals surface area contributed by atoms with Crippen LogP contribution in [0.4, 0.5) is 0 Å². The molecule has 0 bridgehead atoms. The van der Waals surface area contributed by atoms with Crippen molar-refractivity contribution in [2.24, 2.45) is 0 Å². The van der Waals surface area contributed by atoms with Crippen molar-refractivity contribution in [2.75, 3.05) is 5.75 Å². The first kappa shape index (κ1) is 13.0. The lowest BCUT2D eigenvalue weighted by Crippen LogP contribution is -1.98. The lowest BCUT2D eigenvalue weighted by Gasteiger charge is -2.02. The average molecular weight is 234 g/mol. The van der Waals surface area contributed by atoms with E-state index in [2.05, 4.69) is 13.5 Å². The zero-order valence-corrected chi connectivity index (χ0v) is 10.8. The summed E-state index contributed by atoms with van der Waals surface area (Å²) in [4.78, 5) is 13.0. The van der Waals surface area contributed by atoms with E-state index in [0.717, 1.165) is 23.3 Å². The fourth-order valence-corrected chi connectivity index (χ4v) is 2.04. The third-order valence-electron chi connectivity index (χ3n) is 2.27. The molecule has 0 aliphatic rings. The zero-order chi connectivity index (χ0) is 12.0. The van der Waals surface area contributed by atoms with Gasteiger partial charge in [-0.1, -0.05) is 24.6 Å². The minimum atomic E-state index is 0.205. The Bertz CT molecular complexity index is 365. The van der Waals surface area contributed by atoms with E-state index < -0.39 is 0 Å². The van der Waals surface area contributed by atoms with Crippen molar-refractivity contribution in [2.45, 2.75) is 31.6 Å². The molecule has 2 heteroatoms. The standard InChI is InChI=1S/C14H18OS/c1-4-16-13-8-6-12(7-9-13)14(15)10-5-11(2)3/h6-9H,2,4-5,10H2,1,3H3. The fourth-order valence-electron chi connectivity index (χ4n) is 1.37. The molecule has 1 aromatic carbocycles. The maximum Gasteiger partial charge on any atom is 0.163 e. The van der Waals surface area contributed by atoms with Crippen molar-refractivity contribution in [3.63, 3.8) is 0 Å². The largest absolute Gasteiger partial charge is 0.294 e. The molecule has 0 amide bonds. The summed E-state index contributed by atoms with van der Waals surface area (Å²) >= 11 is 1.79. The van der Waals surface area contributed by atoms with Crippen LogP contribution in [0.2, 0.25) is 0 Å². The zero-order valence-electron chi connectivity index (χ0n) is 9.95. The van der Waals surface area contributed by atoms with Gasteiger partial charge in [-0.3, -0.25) is 4.79 Å². The van der Waals surface area contributed by atoms with Gasteiger partial charge in [-0.2, -0.15) is 0 Å². The third kappa shape index (κ3) is 4.23. The molecule has 86 valence electrons. The first-order chi connectivity index (χ1) is 7.63. The Morgan fingerprint density at radius 2 is 1.88 bits per heavy atom. The summed E-state index contributed by atoms with van der Waals surface area (Å²) in [6.07, 6.45) is 1.35. The Balaban J connectivity index is 2.59. The lowest BCUT2D eigenvalue weighted by molar-refractivity contribution is 0.0983. The lowest BCUT2D eigenvalue weighted by atomic mass is 10.0. The van der Waals surface area contributed by atoms with Gasteiger partial charge in [0.25, 0.3) is 0 Å². The van der Waals surface area contributed by atoms with E-state index in [1.165, 1.54) is 4.90 Å². The van der Waals surface area contributed by atoms with E-state index in [9.17, 15) is 4.79 Å². The van der Waals surface area contributed by atoms with Gasteiger partial charge in [0.1, 0.15) is 0 Å². The molecule has 1 rings (SSSR count). The van der Waals surface area contributed by atoms with Crippen molar-refractivity contribution in [1.29, 1.82) is 0 Å². The van der Waals surface area contributed by atoms with Crippen LogP contribution in [0.15, 0.2) is 41.3 Å². The van der Waals surface area contributed by atoms with E-state index in [-0.39, 0.29) is 5.78 Å². The molecular weight excluding hydrogens is 216 g/mol. The number of allylic oxidation sites excluding steroid dienone is 1. The van der Waals surface area contributed by atoms with Crippen LogP contribution >= 0.6 is 11.8 Å². The van der Waals surface area contributed by atoms with Gasteiger partial charge in [0.2, 0.25) is 0 Å². The topological polar surface area (TPSA) is 17.1 Å². The molecule has 1 nitrogen and oxygen atoms in total. The van der Waals surface area contributed by atoms with Gasteiger partial charge in [-0.25, -0.2) is 0 Å². The Labute approximate surface area is 102 Å². The smallest absolute Gasteiger partial charge is 0.163 e. The van der Waals surface area contributed by atoms with Crippen LogP contribution in [0.3, 0.4) is 0 Å². The summed E-state index contributed by atoms with van der Waals surface area (Å²) in [6.45, 7) is 7.88. The quantitative estimate of drug-likeness (QED) is 0.414. The summed E-state index contributed by atoms with van der Waals surface area (Å²) in [6, 6.07) is 7.86. The first-order valence-corrected chi connectivity index (χ1v) is 6.52. The Kier molecular flexibility index (Phi) is 5.33. The molecule has 0 unspecified atom stereocenters. The van der Waals surface area contributed by atoms with E-state index in [0.29, 0.717) is 6.42 Å². The van der Waals surface area contributed by atoms with Crippen LogP contribution < -0.4 is 0 Å². The highest BCUT2D eigenvalue weighted by Gasteiger charge is 2.05. The fraction of sp³-hybridized carbons (Fsp3) is 0.357. The van der Waals surface area contributed by atoms with Gasteiger partial charge >= 0.3 is 0 Å². The number of hydrogen-bond donors (Lipinski definition) is 0. The molecule has 16 heavy (non-hydrogen) atoms. The number of carbonyl (C=O) groups excluding carboxylic acids is 1. The molecule has 1 aromatic rings. The van der Waals surface area contributed by atoms with Gasteiger partial charge in [0.05, 0.1) is 0 Å². The van der Waals surface area contributed by atoms with Gasteiger partial charge in [0.15, 0.2) is 5.78 Å². The molecule has 0 saturated carbocycles. The van der Waals surface area contributed by atoms with E-state index in [1.54, 1.807) is 11.8 Å². The van der Waals surface area contributed by atoms with Gasteiger partial charge in [-0.05, 0) is 31.2 Å².